The molecule has 3 rings (SSSR count). The second-order valence-corrected chi connectivity index (χ2v) is 7.35. The first-order valence-electron chi connectivity index (χ1n) is 10.6. The maximum atomic E-state index is 13.3. The Kier molecular flexibility index (Phi) is 8.04. The molecule has 1 aliphatic heterocycles. The quantitative estimate of drug-likeness (QED) is 0.494. The van der Waals surface area contributed by atoms with Crippen molar-refractivity contribution in [2.75, 3.05) is 19.7 Å². The van der Waals surface area contributed by atoms with Gasteiger partial charge in [0.2, 0.25) is 5.91 Å². The summed E-state index contributed by atoms with van der Waals surface area (Å²) in [6, 6.07) is 15.4. The third-order valence-electron chi connectivity index (χ3n) is 5.07. The van der Waals surface area contributed by atoms with E-state index in [-0.39, 0.29) is 24.8 Å². The SMILES string of the molecule is CCCCOc1ccccc1C(=O)N1CCNC(=O)[C@H]1CC(=O)OCc1ccccc1. The van der Waals surface area contributed by atoms with Crippen LogP contribution in [-0.2, 0) is 20.9 Å². The van der Waals surface area contributed by atoms with Gasteiger partial charge in [-0.2, -0.15) is 0 Å². The van der Waals surface area contributed by atoms with Crippen molar-refractivity contribution in [2.45, 2.75) is 38.8 Å². The highest BCUT2D eigenvalue weighted by atomic mass is 16.5. The van der Waals surface area contributed by atoms with Crippen LogP contribution in [0.3, 0.4) is 0 Å². The van der Waals surface area contributed by atoms with Crippen molar-refractivity contribution in [3.63, 3.8) is 0 Å². The van der Waals surface area contributed by atoms with Gasteiger partial charge in [0.1, 0.15) is 18.4 Å². The predicted octanol–water partition coefficient (Wildman–Crippen LogP) is 2.94. The highest BCUT2D eigenvalue weighted by molar-refractivity contribution is 6.01. The molecule has 0 saturated carbocycles. The molecule has 31 heavy (non-hydrogen) atoms. The lowest BCUT2D eigenvalue weighted by atomic mass is 10.1. The van der Waals surface area contributed by atoms with Crippen molar-refractivity contribution in [2.24, 2.45) is 0 Å². The Balaban J connectivity index is 1.69. The summed E-state index contributed by atoms with van der Waals surface area (Å²) in [5, 5.41) is 2.73. The minimum atomic E-state index is -0.923. The number of nitrogens with one attached hydrogen (secondary N) is 1. The number of carbonyl (C=O) groups is 3. The average Bonchev–Trinajstić information content (AvgIpc) is 2.80. The molecule has 0 radical (unpaired) electrons. The summed E-state index contributed by atoms with van der Waals surface area (Å²) in [6.07, 6.45) is 1.66. The summed E-state index contributed by atoms with van der Waals surface area (Å²) in [5.41, 5.74) is 1.24. The molecule has 0 bridgehead atoms. The summed E-state index contributed by atoms with van der Waals surface area (Å²) >= 11 is 0. The minimum absolute atomic E-state index is 0.121. The molecule has 1 N–H and O–H groups in total. The van der Waals surface area contributed by atoms with E-state index >= 15 is 0 Å². The van der Waals surface area contributed by atoms with E-state index in [9.17, 15) is 14.4 Å². The van der Waals surface area contributed by atoms with Gasteiger partial charge in [0, 0.05) is 13.1 Å². The lowest BCUT2D eigenvalue weighted by molar-refractivity contribution is -0.148. The normalized spacial score (nSPS) is 15.8. The van der Waals surface area contributed by atoms with Gasteiger partial charge in [0.15, 0.2) is 0 Å². The Bertz CT molecular complexity index is 900. The van der Waals surface area contributed by atoms with Crippen LogP contribution < -0.4 is 10.1 Å². The summed E-state index contributed by atoms with van der Waals surface area (Å²) in [6.45, 7) is 3.34. The Labute approximate surface area is 182 Å². The number of nitrogens with zero attached hydrogens (tertiary/aromatic N) is 1. The fourth-order valence-electron chi connectivity index (χ4n) is 3.37. The van der Waals surface area contributed by atoms with Crippen molar-refractivity contribution in [3.05, 3.63) is 65.7 Å². The van der Waals surface area contributed by atoms with Gasteiger partial charge in [-0.15, -0.1) is 0 Å². The largest absolute Gasteiger partial charge is 0.493 e. The zero-order valence-corrected chi connectivity index (χ0v) is 17.7. The van der Waals surface area contributed by atoms with E-state index in [0.29, 0.717) is 31.0 Å². The number of benzene rings is 2. The lowest BCUT2D eigenvalue weighted by Crippen LogP contribution is -2.57. The fraction of sp³-hybridized carbons (Fsp3) is 0.375. The molecule has 1 fully saturated rings. The van der Waals surface area contributed by atoms with E-state index in [4.69, 9.17) is 9.47 Å². The van der Waals surface area contributed by atoms with Crippen molar-refractivity contribution in [3.8, 4) is 5.75 Å². The second kappa shape index (κ2) is 11.2. The molecule has 0 aromatic heterocycles. The van der Waals surface area contributed by atoms with Crippen molar-refractivity contribution >= 4 is 17.8 Å². The van der Waals surface area contributed by atoms with Gasteiger partial charge in [0.05, 0.1) is 18.6 Å². The molecule has 0 aliphatic carbocycles. The highest BCUT2D eigenvalue weighted by Gasteiger charge is 2.36. The second-order valence-electron chi connectivity index (χ2n) is 7.35. The first-order chi connectivity index (χ1) is 15.1. The van der Waals surface area contributed by atoms with Crippen LogP contribution in [0.5, 0.6) is 5.75 Å². The van der Waals surface area contributed by atoms with Crippen LogP contribution in [0.25, 0.3) is 0 Å². The first kappa shape index (κ1) is 22.3. The smallest absolute Gasteiger partial charge is 0.308 e. The number of amides is 2. The fourth-order valence-corrected chi connectivity index (χ4v) is 3.37. The number of ether oxygens (including phenoxy) is 2. The van der Waals surface area contributed by atoms with Gasteiger partial charge in [-0.1, -0.05) is 55.8 Å². The van der Waals surface area contributed by atoms with Crippen molar-refractivity contribution < 1.29 is 23.9 Å². The Morgan fingerprint density at radius 2 is 1.84 bits per heavy atom. The molecular weight excluding hydrogens is 396 g/mol. The van der Waals surface area contributed by atoms with Crippen LogP contribution in [0.1, 0.15) is 42.1 Å². The Morgan fingerprint density at radius 1 is 1.10 bits per heavy atom. The number of para-hydroxylation sites is 1. The molecule has 7 nitrogen and oxygen atoms in total. The van der Waals surface area contributed by atoms with Crippen LogP contribution >= 0.6 is 0 Å². The zero-order valence-electron chi connectivity index (χ0n) is 17.7. The molecule has 1 atom stereocenters. The molecule has 1 saturated heterocycles. The molecule has 0 unspecified atom stereocenters. The molecule has 2 aromatic carbocycles. The third-order valence-corrected chi connectivity index (χ3v) is 5.07. The maximum Gasteiger partial charge on any atom is 0.308 e. The number of unbranched alkanes of at least 4 members (excludes halogenated alkanes) is 1. The Hall–Kier alpha value is -3.35. The molecule has 0 spiro atoms. The van der Waals surface area contributed by atoms with Gasteiger partial charge in [-0.25, -0.2) is 0 Å². The van der Waals surface area contributed by atoms with Crippen LogP contribution in [0.2, 0.25) is 0 Å². The average molecular weight is 424 g/mol. The van der Waals surface area contributed by atoms with E-state index in [2.05, 4.69) is 12.2 Å². The molecule has 2 aromatic rings. The molecule has 7 heteroatoms. The van der Waals surface area contributed by atoms with Gasteiger partial charge in [0.25, 0.3) is 5.91 Å². The molecular formula is C24H28N2O5. The van der Waals surface area contributed by atoms with Crippen LogP contribution in [0, 0.1) is 0 Å². The summed E-state index contributed by atoms with van der Waals surface area (Å²) in [5.74, 6) is -0.739. The summed E-state index contributed by atoms with van der Waals surface area (Å²) in [4.78, 5) is 39.6. The van der Waals surface area contributed by atoms with Crippen LogP contribution in [-0.4, -0.2) is 48.4 Å². The number of piperazine rings is 1. The first-order valence-corrected chi connectivity index (χ1v) is 10.6. The minimum Gasteiger partial charge on any atom is -0.493 e. The van der Waals surface area contributed by atoms with E-state index < -0.39 is 12.0 Å². The standard InChI is InChI=1S/C24H28N2O5/c1-2-3-15-30-21-12-8-7-11-19(21)24(29)26-14-13-25-23(28)20(26)16-22(27)31-17-18-9-5-4-6-10-18/h4-12,20H,2-3,13-17H2,1H3,(H,25,28)/t20-/m1/s1. The number of esters is 1. The highest BCUT2D eigenvalue weighted by Crippen LogP contribution is 2.23. The van der Waals surface area contributed by atoms with Crippen molar-refractivity contribution in [1.82, 2.24) is 10.2 Å². The molecule has 164 valence electrons. The van der Waals surface area contributed by atoms with E-state index in [1.54, 1.807) is 24.3 Å². The van der Waals surface area contributed by atoms with E-state index in [1.807, 2.05) is 30.3 Å². The van der Waals surface area contributed by atoms with E-state index in [1.165, 1.54) is 4.90 Å². The van der Waals surface area contributed by atoms with Crippen molar-refractivity contribution in [1.29, 1.82) is 0 Å². The number of rotatable bonds is 9. The van der Waals surface area contributed by atoms with Gasteiger partial charge >= 0.3 is 5.97 Å². The Morgan fingerprint density at radius 3 is 2.61 bits per heavy atom. The lowest BCUT2D eigenvalue weighted by Gasteiger charge is -2.34. The maximum absolute atomic E-state index is 13.3. The summed E-state index contributed by atoms with van der Waals surface area (Å²) < 4.78 is 11.1. The predicted molar refractivity (Wildman–Crippen MR) is 116 cm³/mol. The summed E-state index contributed by atoms with van der Waals surface area (Å²) in [7, 11) is 0. The van der Waals surface area contributed by atoms with Crippen LogP contribution in [0.4, 0.5) is 0 Å². The molecule has 1 aliphatic rings. The topological polar surface area (TPSA) is 84.9 Å². The third kappa shape index (κ3) is 6.07. The number of carbonyl (C=O) groups excluding carboxylic acids is 3. The van der Waals surface area contributed by atoms with Gasteiger partial charge in [-0.3, -0.25) is 14.4 Å². The molecule has 2 amide bonds. The number of hydrogen-bond acceptors (Lipinski definition) is 5. The zero-order chi connectivity index (χ0) is 22.1. The van der Waals surface area contributed by atoms with Gasteiger partial charge in [-0.05, 0) is 24.1 Å². The van der Waals surface area contributed by atoms with Crippen LogP contribution in [0.15, 0.2) is 54.6 Å². The number of hydrogen-bond donors (Lipinski definition) is 1. The molecule has 1 heterocycles. The van der Waals surface area contributed by atoms with E-state index in [0.717, 1.165) is 18.4 Å². The monoisotopic (exact) mass is 424 g/mol. The van der Waals surface area contributed by atoms with Gasteiger partial charge < -0.3 is 19.7 Å².